The quantitative estimate of drug-likeness (QED) is 0.597. The van der Waals surface area contributed by atoms with Crippen LogP contribution >= 0.6 is 0 Å². The third kappa shape index (κ3) is 5.72. The normalized spacial score (nSPS) is 12.0. The van der Waals surface area contributed by atoms with Gasteiger partial charge in [-0.05, 0) is 12.8 Å². The second-order valence-electron chi connectivity index (χ2n) is 3.84. The Hall–Kier alpha value is -1.52. The molecule has 5 nitrogen and oxygen atoms in total. The number of carbonyl (C=O) groups excluding carboxylic acids is 1. The number of nitrogens with one attached hydrogen (secondary N) is 2. The van der Waals surface area contributed by atoms with Crippen molar-refractivity contribution in [3.05, 3.63) is 12.2 Å². The topological polar surface area (TPSA) is 78.4 Å². The Bertz CT molecular complexity index is 261. The molecular weight excluding hydrogens is 196 g/mol. The Morgan fingerprint density at radius 2 is 1.93 bits per heavy atom. The zero-order valence-electron chi connectivity index (χ0n) is 9.33. The average Bonchev–Trinajstić information content (AvgIpc) is 2.09. The van der Waals surface area contributed by atoms with Crippen LogP contribution < -0.4 is 10.6 Å². The standard InChI is InChI=1S/C10H18N2O3/c1-6(2)5-11-10(15)12-8(7(3)4)9(13)14/h7-8H,1,5H2,2-4H3,(H,13,14)(H2,11,12,15)/t8-/m0/s1. The third-order valence-electron chi connectivity index (χ3n) is 1.77. The van der Waals surface area contributed by atoms with Crippen molar-refractivity contribution in [2.45, 2.75) is 26.8 Å². The Morgan fingerprint density at radius 3 is 2.27 bits per heavy atom. The molecule has 0 unspecified atom stereocenters. The van der Waals surface area contributed by atoms with Crippen molar-refractivity contribution in [1.29, 1.82) is 0 Å². The lowest BCUT2D eigenvalue weighted by molar-refractivity contribution is -0.140. The summed E-state index contributed by atoms with van der Waals surface area (Å²) in [5, 5.41) is 13.7. The maximum atomic E-state index is 11.2. The molecule has 0 aromatic carbocycles. The zero-order valence-corrected chi connectivity index (χ0v) is 9.33. The van der Waals surface area contributed by atoms with Crippen LogP contribution in [0, 0.1) is 5.92 Å². The lowest BCUT2D eigenvalue weighted by Gasteiger charge is -2.18. The van der Waals surface area contributed by atoms with Gasteiger partial charge in [-0.1, -0.05) is 26.0 Å². The van der Waals surface area contributed by atoms with Crippen LogP contribution in [0.4, 0.5) is 4.79 Å². The van der Waals surface area contributed by atoms with Crippen LogP contribution in [0.25, 0.3) is 0 Å². The summed E-state index contributed by atoms with van der Waals surface area (Å²) in [7, 11) is 0. The molecule has 0 aromatic heterocycles. The molecule has 0 saturated carbocycles. The molecule has 0 bridgehead atoms. The van der Waals surface area contributed by atoms with Gasteiger partial charge in [0, 0.05) is 6.54 Å². The fraction of sp³-hybridized carbons (Fsp3) is 0.600. The molecule has 1 atom stereocenters. The first kappa shape index (κ1) is 13.5. The van der Waals surface area contributed by atoms with Gasteiger partial charge < -0.3 is 15.7 Å². The van der Waals surface area contributed by atoms with E-state index in [0.29, 0.717) is 6.54 Å². The van der Waals surface area contributed by atoms with Crippen LogP contribution in [0.3, 0.4) is 0 Å². The smallest absolute Gasteiger partial charge is 0.326 e. The molecule has 0 aliphatic heterocycles. The van der Waals surface area contributed by atoms with Crippen molar-refractivity contribution in [3.8, 4) is 0 Å². The number of aliphatic carboxylic acids is 1. The van der Waals surface area contributed by atoms with E-state index in [9.17, 15) is 9.59 Å². The summed E-state index contributed by atoms with van der Waals surface area (Å²) in [5.41, 5.74) is 0.807. The zero-order chi connectivity index (χ0) is 12.0. The highest BCUT2D eigenvalue weighted by Crippen LogP contribution is 2.01. The number of rotatable bonds is 5. The van der Waals surface area contributed by atoms with Crippen molar-refractivity contribution in [1.82, 2.24) is 10.6 Å². The van der Waals surface area contributed by atoms with Crippen molar-refractivity contribution >= 4 is 12.0 Å². The molecule has 15 heavy (non-hydrogen) atoms. The largest absolute Gasteiger partial charge is 0.480 e. The second kappa shape index (κ2) is 6.06. The van der Waals surface area contributed by atoms with Crippen LogP contribution in [-0.4, -0.2) is 29.7 Å². The van der Waals surface area contributed by atoms with E-state index in [1.54, 1.807) is 20.8 Å². The molecule has 0 aliphatic carbocycles. The first-order valence-corrected chi connectivity index (χ1v) is 4.76. The Balaban J connectivity index is 4.12. The summed E-state index contributed by atoms with van der Waals surface area (Å²) < 4.78 is 0. The SMILES string of the molecule is C=C(C)CNC(=O)N[C@H](C(=O)O)C(C)C. The van der Waals surface area contributed by atoms with Crippen molar-refractivity contribution in [2.75, 3.05) is 6.54 Å². The van der Waals surface area contributed by atoms with Crippen LogP contribution in [0.5, 0.6) is 0 Å². The van der Waals surface area contributed by atoms with Gasteiger partial charge in [-0.15, -0.1) is 0 Å². The highest BCUT2D eigenvalue weighted by Gasteiger charge is 2.22. The fourth-order valence-electron chi connectivity index (χ4n) is 0.937. The van der Waals surface area contributed by atoms with Crippen LogP contribution in [-0.2, 0) is 4.79 Å². The molecule has 0 fully saturated rings. The van der Waals surface area contributed by atoms with Crippen molar-refractivity contribution in [3.63, 3.8) is 0 Å². The first-order chi connectivity index (χ1) is 6.84. The van der Waals surface area contributed by atoms with E-state index in [-0.39, 0.29) is 5.92 Å². The van der Waals surface area contributed by atoms with Gasteiger partial charge in [-0.2, -0.15) is 0 Å². The lowest BCUT2D eigenvalue weighted by atomic mass is 10.1. The summed E-state index contributed by atoms with van der Waals surface area (Å²) in [4.78, 5) is 22.0. The summed E-state index contributed by atoms with van der Waals surface area (Å²) >= 11 is 0. The number of carbonyl (C=O) groups is 2. The minimum atomic E-state index is -1.03. The highest BCUT2D eigenvalue weighted by atomic mass is 16.4. The highest BCUT2D eigenvalue weighted by molar-refractivity contribution is 5.82. The molecule has 2 amide bonds. The van der Waals surface area contributed by atoms with E-state index in [2.05, 4.69) is 17.2 Å². The average molecular weight is 214 g/mol. The monoisotopic (exact) mass is 214 g/mol. The molecule has 0 spiro atoms. The number of carboxylic acid groups (broad SMARTS) is 1. The molecule has 0 rings (SSSR count). The summed E-state index contributed by atoms with van der Waals surface area (Å²) in [5.74, 6) is -1.19. The predicted molar refractivity (Wildman–Crippen MR) is 57.6 cm³/mol. The van der Waals surface area contributed by atoms with Crippen LogP contribution in [0.2, 0.25) is 0 Å². The summed E-state index contributed by atoms with van der Waals surface area (Å²) in [6.45, 7) is 9.20. The molecule has 0 saturated heterocycles. The van der Waals surface area contributed by atoms with Crippen molar-refractivity contribution in [2.24, 2.45) is 5.92 Å². The fourth-order valence-corrected chi connectivity index (χ4v) is 0.937. The number of carboxylic acids is 1. The molecule has 0 radical (unpaired) electrons. The van der Waals surface area contributed by atoms with E-state index in [4.69, 9.17) is 5.11 Å². The van der Waals surface area contributed by atoms with Crippen LogP contribution in [0.15, 0.2) is 12.2 Å². The van der Waals surface area contributed by atoms with Gasteiger partial charge in [0.2, 0.25) is 0 Å². The van der Waals surface area contributed by atoms with Gasteiger partial charge in [0.15, 0.2) is 0 Å². The van der Waals surface area contributed by atoms with E-state index in [1.165, 1.54) is 0 Å². The minimum Gasteiger partial charge on any atom is -0.480 e. The van der Waals surface area contributed by atoms with Crippen molar-refractivity contribution < 1.29 is 14.7 Å². The van der Waals surface area contributed by atoms with Gasteiger partial charge in [0.05, 0.1) is 0 Å². The molecule has 5 heteroatoms. The Morgan fingerprint density at radius 1 is 1.40 bits per heavy atom. The molecule has 0 heterocycles. The number of hydrogen-bond acceptors (Lipinski definition) is 2. The molecule has 86 valence electrons. The number of hydrogen-bond donors (Lipinski definition) is 3. The van der Waals surface area contributed by atoms with Gasteiger partial charge in [-0.3, -0.25) is 0 Å². The molecule has 0 aromatic rings. The summed E-state index contributed by atoms with van der Waals surface area (Å²) in [6.07, 6.45) is 0. The van der Waals surface area contributed by atoms with Gasteiger partial charge in [0.1, 0.15) is 6.04 Å². The predicted octanol–water partition coefficient (Wildman–Crippen LogP) is 0.971. The summed E-state index contributed by atoms with van der Waals surface area (Å²) in [6, 6.07) is -1.35. The Kier molecular flexibility index (Phi) is 5.44. The maximum absolute atomic E-state index is 11.2. The Labute approximate surface area is 89.6 Å². The third-order valence-corrected chi connectivity index (χ3v) is 1.77. The van der Waals surface area contributed by atoms with E-state index in [1.807, 2.05) is 0 Å². The lowest BCUT2D eigenvalue weighted by Crippen LogP contribution is -2.48. The van der Waals surface area contributed by atoms with Gasteiger partial charge >= 0.3 is 12.0 Å². The molecular formula is C10H18N2O3. The maximum Gasteiger partial charge on any atom is 0.326 e. The van der Waals surface area contributed by atoms with E-state index in [0.717, 1.165) is 5.57 Å². The van der Waals surface area contributed by atoms with Gasteiger partial charge in [0.25, 0.3) is 0 Å². The number of amides is 2. The first-order valence-electron chi connectivity index (χ1n) is 4.76. The van der Waals surface area contributed by atoms with E-state index < -0.39 is 18.0 Å². The van der Waals surface area contributed by atoms with Crippen LogP contribution in [0.1, 0.15) is 20.8 Å². The molecule has 3 N–H and O–H groups in total. The van der Waals surface area contributed by atoms with Gasteiger partial charge in [-0.25, -0.2) is 9.59 Å². The number of urea groups is 1. The second-order valence-corrected chi connectivity index (χ2v) is 3.84. The molecule has 0 aliphatic rings. The minimum absolute atomic E-state index is 0.155. The van der Waals surface area contributed by atoms with E-state index >= 15 is 0 Å².